The Kier molecular flexibility index (Phi) is 43.2. The molecule has 2 atom stereocenters. The smallest absolute Gasteiger partial charge is 0.408 e. The molecule has 8 N–H and O–H groups in total. The van der Waals surface area contributed by atoms with Crippen molar-refractivity contribution in [2.75, 3.05) is 178 Å². The number of hydrogen-bond donors (Lipinski definition) is 6. The van der Waals surface area contributed by atoms with Crippen LogP contribution in [-0.2, 0) is 76.0 Å². The lowest BCUT2D eigenvalue weighted by molar-refractivity contribution is -0.139. The SMILES string of the molecule is CC(C)(C)OC(=O)N[C@@H](CCCCNC(=O)CCOCCOCCOCCOCCOCCOCCOCCOCCOCCOCCOCCOCCNC(=O)C(N)CN)C(=O)O. The van der Waals surface area contributed by atoms with E-state index >= 15 is 0 Å². The number of carbonyl (C=O) groups excluding carboxylic acids is 3. The van der Waals surface area contributed by atoms with Crippen LogP contribution in [0.3, 0.4) is 0 Å². The molecule has 3 amide bonds. The van der Waals surface area contributed by atoms with E-state index in [-0.39, 0.29) is 37.8 Å². The number of carboxylic acids is 1. The third-order valence-electron chi connectivity index (χ3n) is 7.93. The highest BCUT2D eigenvalue weighted by molar-refractivity contribution is 5.81. The van der Waals surface area contributed by atoms with Gasteiger partial charge in [0.25, 0.3) is 0 Å². The molecule has 64 heavy (non-hydrogen) atoms. The maximum absolute atomic E-state index is 12.0. The molecule has 0 radical (unpaired) electrons. The first-order chi connectivity index (χ1) is 31.0. The van der Waals surface area contributed by atoms with Crippen LogP contribution in [0.4, 0.5) is 4.79 Å². The molecule has 0 saturated carbocycles. The van der Waals surface area contributed by atoms with Crippen molar-refractivity contribution in [2.24, 2.45) is 11.5 Å². The topological polar surface area (TPSA) is 297 Å². The van der Waals surface area contributed by atoms with Gasteiger partial charge in [0.1, 0.15) is 11.6 Å². The van der Waals surface area contributed by atoms with E-state index in [9.17, 15) is 24.3 Å². The van der Waals surface area contributed by atoms with Gasteiger partial charge in [0, 0.05) is 26.1 Å². The van der Waals surface area contributed by atoms with E-state index in [4.69, 9.17) is 73.0 Å². The molecule has 0 saturated heterocycles. The van der Waals surface area contributed by atoms with Gasteiger partial charge in [-0.25, -0.2) is 9.59 Å². The Labute approximate surface area is 379 Å². The number of alkyl carbamates (subject to hydrolysis) is 1. The van der Waals surface area contributed by atoms with Crippen LogP contribution in [0.15, 0.2) is 0 Å². The fourth-order valence-electron chi connectivity index (χ4n) is 4.67. The lowest BCUT2D eigenvalue weighted by atomic mass is 10.1. The van der Waals surface area contributed by atoms with Crippen molar-refractivity contribution >= 4 is 23.9 Å². The van der Waals surface area contributed by atoms with Gasteiger partial charge in [0.2, 0.25) is 11.8 Å². The van der Waals surface area contributed by atoms with E-state index < -0.39 is 29.7 Å². The molecule has 0 heterocycles. The summed E-state index contributed by atoms with van der Waals surface area (Å²) < 4.78 is 70.6. The summed E-state index contributed by atoms with van der Waals surface area (Å²) in [7, 11) is 0. The summed E-state index contributed by atoms with van der Waals surface area (Å²) in [6, 6.07) is -1.76. The van der Waals surface area contributed by atoms with E-state index in [1.807, 2.05) is 0 Å². The molecule has 0 aromatic carbocycles. The van der Waals surface area contributed by atoms with Crippen molar-refractivity contribution in [1.29, 1.82) is 0 Å². The van der Waals surface area contributed by atoms with Crippen LogP contribution in [0.1, 0.15) is 46.5 Å². The average Bonchev–Trinajstić information content (AvgIpc) is 3.25. The lowest BCUT2D eigenvalue weighted by Gasteiger charge is -2.22. The largest absolute Gasteiger partial charge is 0.480 e. The van der Waals surface area contributed by atoms with Crippen LogP contribution in [0.25, 0.3) is 0 Å². The highest BCUT2D eigenvalue weighted by atomic mass is 16.6. The third-order valence-corrected chi connectivity index (χ3v) is 7.93. The maximum atomic E-state index is 12.0. The number of rotatable bonds is 48. The van der Waals surface area contributed by atoms with Crippen LogP contribution >= 0.6 is 0 Å². The second-order valence-electron chi connectivity index (χ2n) is 14.6. The first-order valence-electron chi connectivity index (χ1n) is 22.1. The molecule has 0 rings (SSSR count). The molecule has 0 spiro atoms. The fourth-order valence-corrected chi connectivity index (χ4v) is 4.67. The van der Waals surface area contributed by atoms with Gasteiger partial charge in [-0.15, -0.1) is 0 Å². The van der Waals surface area contributed by atoms with E-state index in [0.717, 1.165) is 0 Å². The maximum Gasteiger partial charge on any atom is 0.408 e. The van der Waals surface area contributed by atoms with Crippen molar-refractivity contribution < 1.29 is 85.9 Å². The number of aliphatic carboxylic acids is 1. The predicted molar refractivity (Wildman–Crippen MR) is 232 cm³/mol. The summed E-state index contributed by atoms with van der Waals surface area (Å²) in [6.07, 6.45) is 0.702. The lowest BCUT2D eigenvalue weighted by Crippen LogP contribution is -2.46. The molecular weight excluding hydrogens is 850 g/mol. The highest BCUT2D eigenvalue weighted by Crippen LogP contribution is 2.08. The highest BCUT2D eigenvalue weighted by Gasteiger charge is 2.23. The van der Waals surface area contributed by atoms with Crippen LogP contribution in [0, 0.1) is 0 Å². The Hall–Kier alpha value is -2.88. The number of nitrogens with one attached hydrogen (secondary N) is 3. The van der Waals surface area contributed by atoms with Gasteiger partial charge in [-0.1, -0.05) is 0 Å². The summed E-state index contributed by atoms with van der Waals surface area (Å²) in [5.74, 6) is -1.60. The molecule has 1 unspecified atom stereocenters. The minimum Gasteiger partial charge on any atom is -0.480 e. The van der Waals surface area contributed by atoms with E-state index in [0.29, 0.717) is 178 Å². The standard InChI is InChI=1S/C41H81N5O18/c1-41(2,3)64-40(51)46-36(39(49)50)6-4-5-8-44-37(47)7-10-52-12-14-54-16-18-56-20-22-58-24-26-60-28-30-62-32-33-63-31-29-61-27-25-59-23-21-57-19-17-55-15-13-53-11-9-45-38(48)35(43)34-42/h35-36H,4-34,42-43H2,1-3H3,(H,44,47)(H,45,48)(H,46,51)(H,49,50)/t35?,36-/m0/s1. The molecule has 0 aliphatic rings. The molecule has 0 aliphatic heterocycles. The van der Waals surface area contributed by atoms with Crippen LogP contribution in [0.2, 0.25) is 0 Å². The molecule has 0 aliphatic carbocycles. The summed E-state index contributed by atoms with van der Waals surface area (Å²) in [6.45, 7) is 16.3. The Balaban J connectivity index is 3.27. The summed E-state index contributed by atoms with van der Waals surface area (Å²) in [4.78, 5) is 46.7. The monoisotopic (exact) mass is 932 g/mol. The molecule has 378 valence electrons. The third kappa shape index (κ3) is 45.7. The van der Waals surface area contributed by atoms with E-state index in [2.05, 4.69) is 16.0 Å². The first kappa shape index (κ1) is 61.1. The Morgan fingerprint density at radius 3 is 1.17 bits per heavy atom. The van der Waals surface area contributed by atoms with Gasteiger partial charge in [-0.2, -0.15) is 0 Å². The number of nitrogens with two attached hydrogens (primary N) is 2. The second-order valence-corrected chi connectivity index (χ2v) is 14.6. The first-order valence-corrected chi connectivity index (χ1v) is 22.1. The molecule has 0 fully saturated rings. The van der Waals surface area contributed by atoms with Crippen molar-refractivity contribution in [3.63, 3.8) is 0 Å². The van der Waals surface area contributed by atoms with Gasteiger partial charge >= 0.3 is 12.1 Å². The number of ether oxygens (including phenoxy) is 13. The van der Waals surface area contributed by atoms with Crippen molar-refractivity contribution in [1.82, 2.24) is 16.0 Å². The Morgan fingerprint density at radius 2 is 0.844 bits per heavy atom. The molecule has 0 aromatic rings. The Morgan fingerprint density at radius 1 is 0.500 bits per heavy atom. The normalized spacial score (nSPS) is 12.5. The number of unbranched alkanes of at least 4 members (excludes halogenated alkanes) is 1. The van der Waals surface area contributed by atoms with Crippen molar-refractivity contribution in [3.8, 4) is 0 Å². The van der Waals surface area contributed by atoms with E-state index in [1.54, 1.807) is 20.8 Å². The quantitative estimate of drug-likeness (QED) is 0.0409. The predicted octanol–water partition coefficient (Wildman–Crippen LogP) is -0.758. The zero-order valence-electron chi connectivity index (χ0n) is 38.6. The zero-order chi connectivity index (χ0) is 47.2. The second kappa shape index (κ2) is 45.3. The van der Waals surface area contributed by atoms with Gasteiger partial charge in [-0.3, -0.25) is 9.59 Å². The fraction of sp³-hybridized carbons (Fsp3) is 0.902. The number of amides is 3. The van der Waals surface area contributed by atoms with Crippen LogP contribution in [0.5, 0.6) is 0 Å². The summed E-state index contributed by atoms with van der Waals surface area (Å²) in [5.41, 5.74) is 10.1. The van der Waals surface area contributed by atoms with Crippen LogP contribution in [-0.4, -0.2) is 225 Å². The minimum atomic E-state index is -1.14. The number of carbonyl (C=O) groups is 4. The molecule has 0 aromatic heterocycles. The number of carboxylic acid groups (broad SMARTS) is 1. The molecule has 23 heteroatoms. The van der Waals surface area contributed by atoms with E-state index in [1.165, 1.54) is 0 Å². The zero-order valence-corrected chi connectivity index (χ0v) is 38.6. The van der Waals surface area contributed by atoms with Crippen molar-refractivity contribution in [3.05, 3.63) is 0 Å². The van der Waals surface area contributed by atoms with Gasteiger partial charge in [0.15, 0.2) is 0 Å². The van der Waals surface area contributed by atoms with Gasteiger partial charge in [-0.05, 0) is 40.0 Å². The molecule has 0 bridgehead atoms. The summed E-state index contributed by atoms with van der Waals surface area (Å²) in [5, 5.41) is 17.1. The van der Waals surface area contributed by atoms with Crippen molar-refractivity contribution in [2.45, 2.75) is 64.1 Å². The van der Waals surface area contributed by atoms with Gasteiger partial charge in [0.05, 0.1) is 165 Å². The minimum absolute atomic E-state index is 0.101. The van der Waals surface area contributed by atoms with Crippen LogP contribution < -0.4 is 27.4 Å². The Bertz CT molecular complexity index is 1110. The molecular formula is C41H81N5O18. The average molecular weight is 932 g/mol. The molecule has 23 nitrogen and oxygen atoms in total. The number of hydrogen-bond acceptors (Lipinski definition) is 19. The summed E-state index contributed by atoms with van der Waals surface area (Å²) >= 11 is 0. The van der Waals surface area contributed by atoms with Gasteiger partial charge < -0.3 is 94.1 Å².